The summed E-state index contributed by atoms with van der Waals surface area (Å²) in [6.45, 7) is 3.83. The van der Waals surface area contributed by atoms with E-state index >= 15 is 0 Å². The predicted octanol–water partition coefficient (Wildman–Crippen LogP) is 2.61. The first kappa shape index (κ1) is 16.6. The SMILES string of the molecule is CCOC(=O)c1cn2ncc(C#N)c(-n3ncc4ccc(N)cc43)c2c1C. The van der Waals surface area contributed by atoms with Crippen molar-refractivity contribution in [3.05, 3.63) is 53.5 Å². The largest absolute Gasteiger partial charge is 0.462 e. The van der Waals surface area contributed by atoms with E-state index in [9.17, 15) is 10.1 Å². The van der Waals surface area contributed by atoms with Crippen molar-refractivity contribution in [1.82, 2.24) is 19.4 Å². The number of aryl methyl sites for hydroxylation is 1. The van der Waals surface area contributed by atoms with Crippen LogP contribution in [0.4, 0.5) is 5.69 Å². The molecule has 2 N–H and O–H groups in total. The third-order valence-electron chi connectivity index (χ3n) is 4.45. The van der Waals surface area contributed by atoms with Crippen LogP contribution in [0.15, 0.2) is 36.8 Å². The van der Waals surface area contributed by atoms with Gasteiger partial charge in [0.2, 0.25) is 0 Å². The van der Waals surface area contributed by atoms with Gasteiger partial charge in [0.25, 0.3) is 0 Å². The molecule has 8 nitrogen and oxygen atoms in total. The Morgan fingerprint density at radius 2 is 2.15 bits per heavy atom. The molecule has 134 valence electrons. The number of carbonyl (C=O) groups is 1. The maximum atomic E-state index is 12.3. The van der Waals surface area contributed by atoms with Crippen LogP contribution < -0.4 is 5.73 Å². The number of carbonyl (C=O) groups excluding carboxylic acids is 1. The van der Waals surface area contributed by atoms with Gasteiger partial charge in [-0.2, -0.15) is 15.5 Å². The number of nitrogens with zero attached hydrogens (tertiary/aromatic N) is 5. The predicted molar refractivity (Wildman–Crippen MR) is 99.6 cm³/mol. The molecule has 0 fully saturated rings. The topological polar surface area (TPSA) is 111 Å². The molecule has 0 unspecified atom stereocenters. The lowest BCUT2D eigenvalue weighted by atomic mass is 10.1. The number of anilines is 1. The molecule has 4 rings (SSSR count). The highest BCUT2D eigenvalue weighted by molar-refractivity contribution is 5.96. The van der Waals surface area contributed by atoms with Crippen LogP contribution >= 0.6 is 0 Å². The molecule has 0 aliphatic rings. The van der Waals surface area contributed by atoms with Gasteiger partial charge >= 0.3 is 5.97 Å². The number of benzene rings is 1. The van der Waals surface area contributed by atoms with Gasteiger partial charge in [-0.25, -0.2) is 14.0 Å². The molecule has 3 aromatic heterocycles. The molecule has 0 saturated carbocycles. The fraction of sp³-hybridized carbons (Fsp3) is 0.158. The van der Waals surface area contributed by atoms with Gasteiger partial charge in [0.15, 0.2) is 0 Å². The van der Waals surface area contributed by atoms with E-state index in [2.05, 4.69) is 16.3 Å². The van der Waals surface area contributed by atoms with E-state index in [-0.39, 0.29) is 6.61 Å². The molecule has 0 aliphatic heterocycles. The van der Waals surface area contributed by atoms with Crippen molar-refractivity contribution < 1.29 is 9.53 Å². The minimum absolute atomic E-state index is 0.275. The number of hydrogen-bond donors (Lipinski definition) is 1. The van der Waals surface area contributed by atoms with E-state index in [1.54, 1.807) is 47.6 Å². The molecule has 3 heterocycles. The van der Waals surface area contributed by atoms with Crippen molar-refractivity contribution in [2.24, 2.45) is 0 Å². The molecule has 0 aliphatic carbocycles. The number of aromatic nitrogens is 4. The second-order valence-corrected chi connectivity index (χ2v) is 6.07. The van der Waals surface area contributed by atoms with Gasteiger partial charge in [-0.1, -0.05) is 0 Å². The van der Waals surface area contributed by atoms with Gasteiger partial charge in [-0.15, -0.1) is 0 Å². The molecule has 8 heteroatoms. The zero-order valence-corrected chi connectivity index (χ0v) is 14.8. The number of rotatable bonds is 3. The van der Waals surface area contributed by atoms with Gasteiger partial charge in [-0.3, -0.25) is 0 Å². The normalized spacial score (nSPS) is 11.0. The Morgan fingerprint density at radius 3 is 2.89 bits per heavy atom. The molecule has 4 aromatic rings. The molecule has 1 aromatic carbocycles. The number of nitriles is 1. The monoisotopic (exact) mass is 360 g/mol. The van der Waals surface area contributed by atoms with Crippen LogP contribution in [-0.4, -0.2) is 32.0 Å². The van der Waals surface area contributed by atoms with Crippen LogP contribution in [0.5, 0.6) is 0 Å². The first-order valence-electron chi connectivity index (χ1n) is 8.37. The lowest BCUT2D eigenvalue weighted by Gasteiger charge is -2.09. The Labute approximate surface area is 154 Å². The highest BCUT2D eigenvalue weighted by Gasteiger charge is 2.22. The quantitative estimate of drug-likeness (QED) is 0.444. The van der Waals surface area contributed by atoms with Crippen molar-refractivity contribution in [3.8, 4) is 11.8 Å². The number of hydrogen-bond acceptors (Lipinski definition) is 6. The van der Waals surface area contributed by atoms with Crippen molar-refractivity contribution in [1.29, 1.82) is 5.26 Å². The zero-order chi connectivity index (χ0) is 19.1. The van der Waals surface area contributed by atoms with Gasteiger partial charge in [0.1, 0.15) is 17.3 Å². The standard InChI is InChI=1S/C19H16N6O2/c1-3-27-19(26)15-10-24-17(11(15)2)18(13(7-20)9-22-24)25-16-6-14(21)5-4-12(16)8-23-25/h4-6,8-10H,3,21H2,1-2H3. The number of fused-ring (bicyclic) bond motifs is 2. The summed E-state index contributed by atoms with van der Waals surface area (Å²) >= 11 is 0. The minimum atomic E-state index is -0.431. The van der Waals surface area contributed by atoms with E-state index in [0.717, 1.165) is 10.9 Å². The van der Waals surface area contributed by atoms with Crippen LogP contribution in [0.1, 0.15) is 28.4 Å². The molecular weight excluding hydrogens is 344 g/mol. The van der Waals surface area contributed by atoms with Crippen LogP contribution in [0.3, 0.4) is 0 Å². The number of ether oxygens (including phenoxy) is 1. The molecule has 0 radical (unpaired) electrons. The molecule has 0 atom stereocenters. The summed E-state index contributed by atoms with van der Waals surface area (Å²) in [6, 6.07) is 7.62. The smallest absolute Gasteiger partial charge is 0.340 e. The fourth-order valence-electron chi connectivity index (χ4n) is 3.19. The Kier molecular flexibility index (Phi) is 3.78. The zero-order valence-electron chi connectivity index (χ0n) is 14.8. The summed E-state index contributed by atoms with van der Waals surface area (Å²) in [4.78, 5) is 12.3. The van der Waals surface area contributed by atoms with Gasteiger partial charge in [-0.05, 0) is 37.6 Å². The van der Waals surface area contributed by atoms with E-state index in [1.165, 1.54) is 6.20 Å². The van der Waals surface area contributed by atoms with Gasteiger partial charge < -0.3 is 10.5 Å². The third-order valence-corrected chi connectivity index (χ3v) is 4.45. The Bertz CT molecular complexity index is 1240. The molecule has 0 spiro atoms. The highest BCUT2D eigenvalue weighted by atomic mass is 16.5. The highest BCUT2D eigenvalue weighted by Crippen LogP contribution is 2.29. The Hall–Kier alpha value is -3.86. The maximum absolute atomic E-state index is 12.3. The second kappa shape index (κ2) is 6.14. The van der Waals surface area contributed by atoms with Crippen molar-refractivity contribution in [2.75, 3.05) is 12.3 Å². The number of esters is 1. The van der Waals surface area contributed by atoms with Crippen LogP contribution in [0, 0.1) is 18.3 Å². The summed E-state index contributed by atoms with van der Waals surface area (Å²) in [5.41, 5.74) is 9.85. The number of nitrogens with two attached hydrogens (primary N) is 1. The lowest BCUT2D eigenvalue weighted by Crippen LogP contribution is -2.06. The summed E-state index contributed by atoms with van der Waals surface area (Å²) < 4.78 is 8.35. The summed E-state index contributed by atoms with van der Waals surface area (Å²) in [7, 11) is 0. The molecule has 0 amide bonds. The van der Waals surface area contributed by atoms with E-state index in [1.807, 2.05) is 6.07 Å². The summed E-state index contributed by atoms with van der Waals surface area (Å²) in [5, 5.41) is 19.2. The first-order valence-corrected chi connectivity index (χ1v) is 8.37. The van der Waals surface area contributed by atoms with Gasteiger partial charge in [0.05, 0.1) is 35.6 Å². The molecule has 0 saturated heterocycles. The van der Waals surface area contributed by atoms with Crippen LogP contribution in [0.2, 0.25) is 0 Å². The van der Waals surface area contributed by atoms with E-state index in [4.69, 9.17) is 10.5 Å². The Balaban J connectivity index is 2.08. The number of nitrogen functional groups attached to an aromatic ring is 1. The maximum Gasteiger partial charge on any atom is 0.340 e. The lowest BCUT2D eigenvalue weighted by molar-refractivity contribution is 0.0525. The first-order chi connectivity index (χ1) is 13.0. The van der Waals surface area contributed by atoms with Crippen molar-refractivity contribution in [2.45, 2.75) is 13.8 Å². The molecule has 0 bridgehead atoms. The Morgan fingerprint density at radius 1 is 1.33 bits per heavy atom. The van der Waals surface area contributed by atoms with Crippen molar-refractivity contribution in [3.63, 3.8) is 0 Å². The van der Waals surface area contributed by atoms with Gasteiger partial charge in [0, 0.05) is 17.3 Å². The van der Waals surface area contributed by atoms with Crippen LogP contribution in [-0.2, 0) is 4.74 Å². The average molecular weight is 360 g/mol. The summed E-state index contributed by atoms with van der Waals surface area (Å²) in [5.74, 6) is -0.431. The van der Waals surface area contributed by atoms with E-state index < -0.39 is 5.97 Å². The minimum Gasteiger partial charge on any atom is -0.462 e. The molecule has 27 heavy (non-hydrogen) atoms. The van der Waals surface area contributed by atoms with Crippen molar-refractivity contribution >= 4 is 28.1 Å². The summed E-state index contributed by atoms with van der Waals surface area (Å²) in [6.07, 6.45) is 4.77. The van der Waals surface area contributed by atoms with E-state index in [0.29, 0.717) is 33.6 Å². The van der Waals surface area contributed by atoms with Crippen LogP contribution in [0.25, 0.3) is 22.1 Å². The fourth-order valence-corrected chi connectivity index (χ4v) is 3.19. The molecular formula is C19H16N6O2. The second-order valence-electron chi connectivity index (χ2n) is 6.07. The third kappa shape index (κ3) is 2.48. The average Bonchev–Trinajstić information content (AvgIpc) is 3.22.